The van der Waals surface area contributed by atoms with Gasteiger partial charge in [-0.25, -0.2) is 13.8 Å². The molecule has 8 nitrogen and oxygen atoms in total. The number of hydrogen-bond donors (Lipinski definition) is 1. The minimum Gasteiger partial charge on any atom is -0.469 e. The number of anilines is 1. The van der Waals surface area contributed by atoms with Crippen LogP contribution in [0.5, 0.6) is 5.88 Å². The summed E-state index contributed by atoms with van der Waals surface area (Å²) in [6.07, 6.45) is -5.77. The Morgan fingerprint density at radius 2 is 1.92 bits per heavy atom. The lowest BCUT2D eigenvalue weighted by Gasteiger charge is -2.29. The minimum absolute atomic E-state index is 0.0282. The van der Waals surface area contributed by atoms with Crippen LogP contribution in [0.2, 0.25) is 0 Å². The number of hydrogen-bond acceptors (Lipinski definition) is 7. The lowest BCUT2D eigenvalue weighted by Crippen LogP contribution is -2.36. The number of aromatic nitrogens is 3. The number of nitrogens with zero attached hydrogens (tertiary/aromatic N) is 5. The molecule has 0 amide bonds. The number of pyridine rings is 1. The molecule has 0 bridgehead atoms. The SMILES string of the molecule is Cc1ncc(N=C(N)c2cccc(C(F)(F)F)c2)cc1-c1cc(N2CCOCC2)c(OCC(F)F)nn1. The average Bonchev–Trinajstić information content (AvgIpc) is 2.88. The van der Waals surface area contributed by atoms with Gasteiger partial charge in [0.25, 0.3) is 12.3 Å². The van der Waals surface area contributed by atoms with E-state index in [1.807, 2.05) is 4.90 Å². The standard InChI is InChI=1S/C24H23F5N6O2/c1-14-18(10-17(12-31-14)32-22(30)15-3-2-4-16(9-15)24(27,28)29)19-11-20(35-5-7-36-8-6-35)23(34-33-19)37-13-21(25)26/h2-4,9-12,21H,5-8,13H2,1H3,(H2,30,32). The number of nitrogens with two attached hydrogens (primary N) is 1. The summed E-state index contributed by atoms with van der Waals surface area (Å²) >= 11 is 0. The molecule has 0 atom stereocenters. The van der Waals surface area contributed by atoms with Crippen molar-refractivity contribution >= 4 is 17.2 Å². The Morgan fingerprint density at radius 3 is 2.62 bits per heavy atom. The predicted molar refractivity (Wildman–Crippen MR) is 126 cm³/mol. The van der Waals surface area contributed by atoms with Gasteiger partial charge < -0.3 is 20.1 Å². The zero-order chi connectivity index (χ0) is 26.6. The summed E-state index contributed by atoms with van der Waals surface area (Å²) in [5, 5.41) is 8.17. The summed E-state index contributed by atoms with van der Waals surface area (Å²) in [7, 11) is 0. The van der Waals surface area contributed by atoms with E-state index >= 15 is 0 Å². The van der Waals surface area contributed by atoms with Crippen molar-refractivity contribution < 1.29 is 31.4 Å². The maximum atomic E-state index is 13.1. The number of amidine groups is 1. The molecule has 2 aromatic heterocycles. The molecule has 2 N–H and O–H groups in total. The van der Waals surface area contributed by atoms with Crippen molar-refractivity contribution in [2.24, 2.45) is 10.7 Å². The molecular weight excluding hydrogens is 499 g/mol. The van der Waals surface area contributed by atoms with E-state index < -0.39 is 24.8 Å². The first kappa shape index (κ1) is 26.2. The van der Waals surface area contributed by atoms with Crippen molar-refractivity contribution in [2.75, 3.05) is 37.8 Å². The third-order valence-electron chi connectivity index (χ3n) is 5.52. The van der Waals surface area contributed by atoms with Crippen LogP contribution in [0.1, 0.15) is 16.8 Å². The van der Waals surface area contributed by atoms with Gasteiger partial charge in [-0.2, -0.15) is 13.2 Å². The van der Waals surface area contributed by atoms with E-state index in [1.54, 1.807) is 19.1 Å². The van der Waals surface area contributed by atoms with E-state index in [9.17, 15) is 22.0 Å². The third-order valence-corrected chi connectivity index (χ3v) is 5.52. The normalized spacial score (nSPS) is 14.8. The molecule has 1 fully saturated rings. The van der Waals surface area contributed by atoms with Crippen LogP contribution < -0.4 is 15.4 Å². The first-order valence-electron chi connectivity index (χ1n) is 11.2. The number of rotatable bonds is 7. The molecule has 1 aromatic carbocycles. The van der Waals surface area contributed by atoms with Crippen molar-refractivity contribution in [3.8, 4) is 17.1 Å². The van der Waals surface area contributed by atoms with E-state index in [0.717, 1.165) is 12.1 Å². The van der Waals surface area contributed by atoms with Gasteiger partial charge in [-0.3, -0.25) is 4.98 Å². The van der Waals surface area contributed by atoms with Crippen LogP contribution in [-0.4, -0.2) is 60.4 Å². The Hall–Kier alpha value is -3.87. The molecule has 4 rings (SSSR count). The lowest BCUT2D eigenvalue weighted by molar-refractivity contribution is -0.137. The van der Waals surface area contributed by atoms with Crippen LogP contribution in [0, 0.1) is 6.92 Å². The highest BCUT2D eigenvalue weighted by atomic mass is 19.4. The molecule has 0 aliphatic carbocycles. The third kappa shape index (κ3) is 6.47. The second-order valence-corrected chi connectivity index (χ2v) is 8.12. The van der Waals surface area contributed by atoms with Crippen LogP contribution in [0.15, 0.2) is 47.6 Å². The van der Waals surface area contributed by atoms with Crippen LogP contribution in [0.4, 0.5) is 33.3 Å². The number of aryl methyl sites for hydroxylation is 1. The summed E-state index contributed by atoms with van der Waals surface area (Å²) in [6, 6.07) is 7.82. The lowest BCUT2D eigenvalue weighted by atomic mass is 10.1. The fraction of sp³-hybridized carbons (Fsp3) is 0.333. The van der Waals surface area contributed by atoms with Gasteiger partial charge in [0, 0.05) is 29.9 Å². The average molecular weight is 522 g/mol. The van der Waals surface area contributed by atoms with E-state index in [4.69, 9.17) is 15.2 Å². The molecule has 0 spiro atoms. The van der Waals surface area contributed by atoms with E-state index in [0.29, 0.717) is 48.9 Å². The number of alkyl halides is 5. The number of halogens is 5. The predicted octanol–water partition coefficient (Wildman–Crippen LogP) is 4.38. The van der Waals surface area contributed by atoms with Gasteiger partial charge >= 0.3 is 6.18 Å². The summed E-state index contributed by atoms with van der Waals surface area (Å²) < 4.78 is 75.3. The van der Waals surface area contributed by atoms with Gasteiger partial charge in [-0.05, 0) is 31.2 Å². The molecule has 0 radical (unpaired) electrons. The molecule has 1 aliphatic heterocycles. The van der Waals surface area contributed by atoms with Gasteiger partial charge in [0.15, 0.2) is 6.61 Å². The number of aliphatic imine (C=N–C) groups is 1. The van der Waals surface area contributed by atoms with Crippen LogP contribution in [-0.2, 0) is 10.9 Å². The van der Waals surface area contributed by atoms with E-state index in [1.165, 1.54) is 18.3 Å². The molecule has 196 valence electrons. The molecule has 0 unspecified atom stereocenters. The second kappa shape index (κ2) is 11.0. The maximum Gasteiger partial charge on any atom is 0.416 e. The Bertz CT molecular complexity index is 1280. The number of ether oxygens (including phenoxy) is 2. The van der Waals surface area contributed by atoms with E-state index in [2.05, 4.69) is 20.2 Å². The molecule has 13 heteroatoms. The van der Waals surface area contributed by atoms with Gasteiger partial charge in [-0.1, -0.05) is 12.1 Å². The second-order valence-electron chi connectivity index (χ2n) is 8.12. The monoisotopic (exact) mass is 522 g/mol. The van der Waals surface area contributed by atoms with Crippen molar-refractivity contribution in [3.63, 3.8) is 0 Å². The van der Waals surface area contributed by atoms with E-state index in [-0.39, 0.29) is 23.0 Å². The van der Waals surface area contributed by atoms with Crippen LogP contribution in [0.25, 0.3) is 11.3 Å². The largest absolute Gasteiger partial charge is 0.469 e. The zero-order valence-corrected chi connectivity index (χ0v) is 19.7. The van der Waals surface area contributed by atoms with Crippen molar-refractivity contribution in [3.05, 3.63) is 59.4 Å². The molecule has 37 heavy (non-hydrogen) atoms. The Kier molecular flexibility index (Phi) is 7.81. The fourth-order valence-corrected chi connectivity index (χ4v) is 3.68. The topological polar surface area (TPSA) is 98.8 Å². The van der Waals surface area contributed by atoms with Crippen molar-refractivity contribution in [1.82, 2.24) is 15.2 Å². The molecule has 1 aliphatic rings. The number of morpholine rings is 1. The van der Waals surface area contributed by atoms with Crippen LogP contribution in [0.3, 0.4) is 0 Å². The summed E-state index contributed by atoms with van der Waals surface area (Å²) in [6.45, 7) is 2.81. The van der Waals surface area contributed by atoms with Gasteiger partial charge in [0.2, 0.25) is 0 Å². The Labute approximate surface area is 209 Å². The quantitative estimate of drug-likeness (QED) is 0.279. The Morgan fingerprint density at radius 1 is 1.16 bits per heavy atom. The van der Waals surface area contributed by atoms with Crippen molar-refractivity contribution in [1.29, 1.82) is 0 Å². The summed E-state index contributed by atoms with van der Waals surface area (Å²) in [5.41, 5.74) is 7.49. The van der Waals surface area contributed by atoms with Gasteiger partial charge in [-0.15, -0.1) is 10.2 Å². The molecule has 0 saturated carbocycles. The highest BCUT2D eigenvalue weighted by molar-refractivity contribution is 5.99. The van der Waals surface area contributed by atoms with Gasteiger partial charge in [0.05, 0.1) is 36.4 Å². The maximum absolute atomic E-state index is 13.1. The molecule has 1 saturated heterocycles. The molecule has 3 aromatic rings. The molecular formula is C24H23F5N6O2. The van der Waals surface area contributed by atoms with Crippen molar-refractivity contribution in [2.45, 2.75) is 19.5 Å². The summed E-state index contributed by atoms with van der Waals surface area (Å²) in [5.74, 6) is -0.155. The summed E-state index contributed by atoms with van der Waals surface area (Å²) in [4.78, 5) is 10.5. The number of benzene rings is 1. The first-order valence-corrected chi connectivity index (χ1v) is 11.2. The Balaban J connectivity index is 1.69. The zero-order valence-electron chi connectivity index (χ0n) is 19.7. The highest BCUT2D eigenvalue weighted by Gasteiger charge is 2.30. The molecule has 3 heterocycles. The minimum atomic E-state index is -4.52. The smallest absolute Gasteiger partial charge is 0.416 e. The van der Waals surface area contributed by atoms with Gasteiger partial charge in [0.1, 0.15) is 11.5 Å². The fourth-order valence-electron chi connectivity index (χ4n) is 3.68. The van der Waals surface area contributed by atoms with Crippen LogP contribution >= 0.6 is 0 Å². The highest BCUT2D eigenvalue weighted by Crippen LogP contribution is 2.33. The first-order chi connectivity index (χ1) is 17.6.